The van der Waals surface area contributed by atoms with Crippen LogP contribution in [-0.2, 0) is 41.6 Å². The van der Waals surface area contributed by atoms with Crippen molar-refractivity contribution in [3.8, 4) is 0 Å². The van der Waals surface area contributed by atoms with Gasteiger partial charge in [0, 0.05) is 26.3 Å². The van der Waals surface area contributed by atoms with Gasteiger partial charge in [-0.2, -0.15) is 0 Å². The molecule has 3 atom stereocenters. The molecule has 8 heteroatoms. The first-order chi connectivity index (χ1) is 17.7. The molecule has 0 aliphatic carbocycles. The fourth-order valence-electron chi connectivity index (χ4n) is 4.88. The molecule has 0 aromatic heterocycles. The van der Waals surface area contributed by atoms with Gasteiger partial charge in [0.1, 0.15) is 24.2 Å². The molecule has 0 spiro atoms. The minimum Gasteiger partial charge on any atom is -0.469 e. The molecule has 0 bridgehead atoms. The summed E-state index contributed by atoms with van der Waals surface area (Å²) >= 11 is 0. The van der Waals surface area contributed by atoms with E-state index in [9.17, 15) is 19.2 Å². The Hall–Kier alpha value is -3.68. The molecular formula is C29H35NO7. The van der Waals surface area contributed by atoms with Crippen LogP contribution in [0.3, 0.4) is 0 Å². The molecule has 1 aliphatic heterocycles. The van der Waals surface area contributed by atoms with E-state index in [0.717, 1.165) is 16.7 Å². The number of benzene rings is 2. The predicted molar refractivity (Wildman–Crippen MR) is 137 cm³/mol. The van der Waals surface area contributed by atoms with E-state index in [1.165, 1.54) is 18.9 Å². The van der Waals surface area contributed by atoms with Gasteiger partial charge in [-0.15, -0.1) is 0 Å². The topological polar surface area (TPSA) is 99.2 Å². The summed E-state index contributed by atoms with van der Waals surface area (Å²) in [7, 11) is 1.23. The smallest absolute Gasteiger partial charge is 0.410 e. The van der Waals surface area contributed by atoms with E-state index in [0.29, 0.717) is 19.4 Å². The fraction of sp³-hybridized carbons (Fsp3) is 0.448. The van der Waals surface area contributed by atoms with Gasteiger partial charge in [0.25, 0.3) is 0 Å². The van der Waals surface area contributed by atoms with Crippen molar-refractivity contribution in [2.75, 3.05) is 13.7 Å². The summed E-state index contributed by atoms with van der Waals surface area (Å²) < 4.78 is 15.8. The van der Waals surface area contributed by atoms with Crippen molar-refractivity contribution in [1.29, 1.82) is 0 Å². The van der Waals surface area contributed by atoms with Crippen LogP contribution in [0.4, 0.5) is 4.79 Å². The second-order valence-electron chi connectivity index (χ2n) is 9.56. The van der Waals surface area contributed by atoms with Crippen molar-refractivity contribution in [2.24, 2.45) is 5.92 Å². The zero-order valence-electron chi connectivity index (χ0n) is 21.9. The highest BCUT2D eigenvalue weighted by atomic mass is 16.6. The van der Waals surface area contributed by atoms with Crippen molar-refractivity contribution < 1.29 is 33.4 Å². The molecule has 1 amide bonds. The number of hydrogen-bond acceptors (Lipinski definition) is 7. The number of likely N-dealkylation sites (tertiary alicyclic amines) is 1. The molecule has 0 radical (unpaired) electrons. The van der Waals surface area contributed by atoms with Crippen molar-refractivity contribution in [3.05, 3.63) is 71.3 Å². The molecule has 1 aliphatic rings. The molecule has 3 rings (SSSR count). The second-order valence-corrected chi connectivity index (χ2v) is 9.56. The number of amides is 1. The maximum Gasteiger partial charge on any atom is 0.410 e. The number of carbonyl (C=O) groups is 4. The fourth-order valence-corrected chi connectivity index (χ4v) is 4.88. The third-order valence-corrected chi connectivity index (χ3v) is 6.88. The highest BCUT2D eigenvalue weighted by Gasteiger charge is 2.51. The lowest BCUT2D eigenvalue weighted by Gasteiger charge is -2.38. The van der Waals surface area contributed by atoms with Crippen molar-refractivity contribution in [2.45, 2.75) is 64.7 Å². The second kappa shape index (κ2) is 12.5. The maximum atomic E-state index is 14.1. The molecule has 8 nitrogen and oxygen atoms in total. The van der Waals surface area contributed by atoms with E-state index in [-0.39, 0.29) is 25.2 Å². The van der Waals surface area contributed by atoms with Gasteiger partial charge in [-0.05, 0) is 37.8 Å². The van der Waals surface area contributed by atoms with Crippen molar-refractivity contribution >= 4 is 23.8 Å². The van der Waals surface area contributed by atoms with E-state index in [4.69, 9.17) is 14.2 Å². The van der Waals surface area contributed by atoms with E-state index < -0.39 is 35.6 Å². The molecule has 0 N–H and O–H groups in total. The summed E-state index contributed by atoms with van der Waals surface area (Å²) in [5, 5.41) is 0. The minimum atomic E-state index is -1.20. The Kier molecular flexibility index (Phi) is 9.44. The van der Waals surface area contributed by atoms with Crippen molar-refractivity contribution in [3.63, 3.8) is 0 Å². The van der Waals surface area contributed by atoms with Crippen molar-refractivity contribution in [1.82, 2.24) is 4.90 Å². The van der Waals surface area contributed by atoms with Crippen LogP contribution < -0.4 is 0 Å². The van der Waals surface area contributed by atoms with E-state index in [1.807, 2.05) is 61.5 Å². The summed E-state index contributed by atoms with van der Waals surface area (Å²) in [6.07, 6.45) is -0.372. The number of esters is 2. The Labute approximate surface area is 217 Å². The van der Waals surface area contributed by atoms with Crippen LogP contribution in [0, 0.1) is 12.8 Å². The summed E-state index contributed by atoms with van der Waals surface area (Å²) in [5.41, 5.74) is 1.61. The third-order valence-electron chi connectivity index (χ3n) is 6.88. The van der Waals surface area contributed by atoms with Crippen LogP contribution in [0.1, 0.15) is 49.8 Å². The number of hydrogen-bond donors (Lipinski definition) is 0. The first kappa shape index (κ1) is 27.9. The largest absolute Gasteiger partial charge is 0.469 e. The third kappa shape index (κ3) is 6.96. The molecule has 0 saturated carbocycles. The zero-order valence-corrected chi connectivity index (χ0v) is 21.9. The van der Waals surface area contributed by atoms with Crippen LogP contribution in [0.2, 0.25) is 0 Å². The molecule has 1 heterocycles. The Morgan fingerprint density at radius 3 is 2.30 bits per heavy atom. The van der Waals surface area contributed by atoms with Gasteiger partial charge in [0.05, 0.1) is 7.11 Å². The monoisotopic (exact) mass is 509 g/mol. The van der Waals surface area contributed by atoms with Gasteiger partial charge in [0.15, 0.2) is 5.78 Å². The van der Waals surface area contributed by atoms with Gasteiger partial charge in [-0.25, -0.2) is 4.79 Å². The lowest BCUT2D eigenvalue weighted by molar-refractivity contribution is -0.160. The number of aryl methyl sites for hydroxylation is 1. The summed E-state index contributed by atoms with van der Waals surface area (Å²) in [4.78, 5) is 53.0. The Bertz CT molecular complexity index is 1100. The normalized spacial score (nSPS) is 18.5. The van der Waals surface area contributed by atoms with Gasteiger partial charge < -0.3 is 14.2 Å². The first-order valence-electron chi connectivity index (χ1n) is 12.5. The molecule has 2 unspecified atom stereocenters. The number of nitrogens with zero attached hydrogens (tertiary/aromatic N) is 1. The van der Waals surface area contributed by atoms with Gasteiger partial charge >= 0.3 is 18.0 Å². The molecule has 37 heavy (non-hydrogen) atoms. The number of ketones is 1. The van der Waals surface area contributed by atoms with Gasteiger partial charge in [0.2, 0.25) is 0 Å². The van der Waals surface area contributed by atoms with Gasteiger partial charge in [-0.3, -0.25) is 19.3 Å². The van der Waals surface area contributed by atoms with Crippen LogP contribution in [0.15, 0.2) is 54.6 Å². The average molecular weight is 510 g/mol. The quantitative estimate of drug-likeness (QED) is 0.346. The Morgan fingerprint density at radius 1 is 1.00 bits per heavy atom. The van der Waals surface area contributed by atoms with E-state index in [2.05, 4.69) is 0 Å². The molecule has 2 aromatic rings. The van der Waals surface area contributed by atoms with E-state index in [1.54, 1.807) is 6.92 Å². The standard InChI is InChI=1S/C29H35NO7/c1-20-11-13-23(14-12-20)18-29(26(32)17-25(27(33)35-4)21(2)37-22(3)31)15-8-16-30(29)28(34)36-19-24-9-6-5-7-10-24/h5-7,9-14,21,25H,8,15-19H2,1-4H3/t21?,25?,29-/m1/s1. The van der Waals surface area contributed by atoms with Crippen LogP contribution >= 0.6 is 0 Å². The SMILES string of the molecule is COC(=O)C(CC(=O)[C@]1(Cc2ccc(C)cc2)CCCN1C(=O)OCc1ccccc1)C(C)OC(C)=O. The van der Waals surface area contributed by atoms with Crippen LogP contribution in [0.5, 0.6) is 0 Å². The number of ether oxygens (including phenoxy) is 3. The lowest BCUT2D eigenvalue weighted by atomic mass is 9.79. The van der Waals surface area contributed by atoms with E-state index >= 15 is 0 Å². The number of Topliss-reactive ketones (excluding diaryl/α,β-unsaturated/α-hetero) is 1. The first-order valence-corrected chi connectivity index (χ1v) is 12.5. The van der Waals surface area contributed by atoms with Crippen LogP contribution in [-0.4, -0.2) is 54.0 Å². The molecule has 1 saturated heterocycles. The lowest BCUT2D eigenvalue weighted by Crippen LogP contribution is -2.55. The minimum absolute atomic E-state index is 0.0826. The molecule has 198 valence electrons. The summed E-state index contributed by atoms with van der Waals surface area (Å²) in [6.45, 7) is 5.22. The molecular weight excluding hydrogens is 474 g/mol. The molecule has 2 aromatic carbocycles. The number of methoxy groups -OCH3 is 1. The predicted octanol–water partition coefficient (Wildman–Crippen LogP) is 4.41. The number of rotatable bonds is 10. The highest BCUT2D eigenvalue weighted by molar-refractivity contribution is 5.95. The Morgan fingerprint density at radius 2 is 1.68 bits per heavy atom. The molecule has 1 fully saturated rings. The maximum absolute atomic E-state index is 14.1. The highest BCUT2D eigenvalue weighted by Crippen LogP contribution is 2.37. The summed E-state index contributed by atoms with van der Waals surface area (Å²) in [6, 6.07) is 17.1. The Balaban J connectivity index is 1.91. The number of carbonyl (C=O) groups excluding carboxylic acids is 4. The van der Waals surface area contributed by atoms with Gasteiger partial charge in [-0.1, -0.05) is 60.2 Å². The van der Waals surface area contributed by atoms with Crippen LogP contribution in [0.25, 0.3) is 0 Å². The zero-order chi connectivity index (χ0) is 27.0. The summed E-state index contributed by atoms with van der Waals surface area (Å²) in [5.74, 6) is -2.50. The average Bonchev–Trinajstić information content (AvgIpc) is 3.31.